The van der Waals surface area contributed by atoms with Crippen molar-refractivity contribution in [2.24, 2.45) is 11.7 Å². The number of halogens is 2. The van der Waals surface area contributed by atoms with Gasteiger partial charge < -0.3 is 11.1 Å². The van der Waals surface area contributed by atoms with Crippen molar-refractivity contribution in [1.82, 2.24) is 0 Å². The molecule has 94 valence electrons. The third kappa shape index (κ3) is 3.68. The highest BCUT2D eigenvalue weighted by Crippen LogP contribution is 2.19. The Labute approximate surface area is 105 Å². The molecule has 1 rings (SSSR count). The number of anilines is 1. The summed E-state index contributed by atoms with van der Waals surface area (Å²) in [7, 11) is 0. The Morgan fingerprint density at radius 2 is 2.24 bits per heavy atom. The monoisotopic (exact) mass is 258 g/mol. The molecule has 0 saturated heterocycles. The Morgan fingerprint density at radius 1 is 1.59 bits per heavy atom. The number of nitrogens with two attached hydrogens (primary N) is 1. The lowest BCUT2D eigenvalue weighted by atomic mass is 9.99. The van der Waals surface area contributed by atoms with Crippen molar-refractivity contribution >= 4 is 23.2 Å². The number of nitrogens with one attached hydrogen (secondary N) is 1. The lowest BCUT2D eigenvalue weighted by Crippen LogP contribution is -2.40. The molecular weight excluding hydrogens is 243 g/mol. The van der Waals surface area contributed by atoms with Gasteiger partial charge in [0, 0.05) is 5.69 Å². The molecule has 1 aromatic rings. The van der Waals surface area contributed by atoms with Gasteiger partial charge in [-0.3, -0.25) is 4.79 Å². The van der Waals surface area contributed by atoms with E-state index in [-0.39, 0.29) is 16.8 Å². The van der Waals surface area contributed by atoms with Crippen LogP contribution in [0.2, 0.25) is 5.02 Å². The fourth-order valence-corrected chi connectivity index (χ4v) is 1.49. The van der Waals surface area contributed by atoms with Gasteiger partial charge in [-0.15, -0.1) is 0 Å². The number of carbonyl (C=O) groups is 1. The first-order valence-electron chi connectivity index (χ1n) is 5.47. The lowest BCUT2D eigenvalue weighted by Gasteiger charge is -2.17. The van der Waals surface area contributed by atoms with Gasteiger partial charge in [0.1, 0.15) is 5.82 Å². The van der Waals surface area contributed by atoms with Crippen LogP contribution < -0.4 is 11.1 Å². The largest absolute Gasteiger partial charge is 0.325 e. The van der Waals surface area contributed by atoms with Crippen LogP contribution in [0.15, 0.2) is 18.2 Å². The highest BCUT2D eigenvalue weighted by Gasteiger charge is 2.19. The van der Waals surface area contributed by atoms with Crippen molar-refractivity contribution in [2.75, 3.05) is 5.32 Å². The molecule has 5 heteroatoms. The summed E-state index contributed by atoms with van der Waals surface area (Å²) in [5, 5.41) is 2.58. The van der Waals surface area contributed by atoms with E-state index in [1.807, 2.05) is 13.8 Å². The summed E-state index contributed by atoms with van der Waals surface area (Å²) < 4.78 is 12.9. The van der Waals surface area contributed by atoms with Gasteiger partial charge in [0.25, 0.3) is 0 Å². The van der Waals surface area contributed by atoms with E-state index in [0.29, 0.717) is 5.69 Å². The number of amides is 1. The Hall–Kier alpha value is -1.13. The van der Waals surface area contributed by atoms with Crippen molar-refractivity contribution in [3.05, 3.63) is 29.0 Å². The van der Waals surface area contributed by atoms with Crippen LogP contribution >= 0.6 is 11.6 Å². The van der Waals surface area contributed by atoms with Crippen molar-refractivity contribution in [3.63, 3.8) is 0 Å². The molecule has 17 heavy (non-hydrogen) atoms. The molecule has 0 radical (unpaired) electrons. The standard InChI is InChI=1S/C12H16ClFN2O/c1-3-7(2)11(15)12(17)16-8-4-5-10(14)9(13)6-8/h4-7,11H,3,15H2,1-2H3,(H,16,17). The number of benzene rings is 1. The van der Waals surface area contributed by atoms with Gasteiger partial charge in [-0.2, -0.15) is 0 Å². The zero-order valence-corrected chi connectivity index (χ0v) is 10.6. The van der Waals surface area contributed by atoms with Crippen molar-refractivity contribution in [1.29, 1.82) is 0 Å². The van der Waals surface area contributed by atoms with Gasteiger partial charge in [-0.1, -0.05) is 31.9 Å². The highest BCUT2D eigenvalue weighted by molar-refractivity contribution is 6.31. The van der Waals surface area contributed by atoms with Crippen LogP contribution in [-0.2, 0) is 4.79 Å². The molecule has 1 aromatic carbocycles. The maximum absolute atomic E-state index is 12.9. The van der Waals surface area contributed by atoms with Gasteiger partial charge >= 0.3 is 0 Å². The quantitative estimate of drug-likeness (QED) is 0.873. The van der Waals surface area contributed by atoms with E-state index >= 15 is 0 Å². The van der Waals surface area contributed by atoms with Crippen molar-refractivity contribution in [2.45, 2.75) is 26.3 Å². The second-order valence-corrected chi connectivity index (χ2v) is 4.44. The molecule has 0 heterocycles. The lowest BCUT2D eigenvalue weighted by molar-refractivity contribution is -0.118. The zero-order valence-electron chi connectivity index (χ0n) is 9.84. The maximum Gasteiger partial charge on any atom is 0.241 e. The van der Waals surface area contributed by atoms with Crippen molar-refractivity contribution in [3.8, 4) is 0 Å². The van der Waals surface area contributed by atoms with Gasteiger partial charge in [0.15, 0.2) is 0 Å². The fraction of sp³-hybridized carbons (Fsp3) is 0.417. The normalized spacial score (nSPS) is 14.2. The molecular formula is C12H16ClFN2O. The molecule has 3 N–H and O–H groups in total. The molecule has 0 aromatic heterocycles. The summed E-state index contributed by atoms with van der Waals surface area (Å²) in [4.78, 5) is 11.7. The molecule has 0 bridgehead atoms. The SMILES string of the molecule is CCC(C)C(N)C(=O)Nc1ccc(F)c(Cl)c1. The molecule has 0 aliphatic rings. The average molecular weight is 259 g/mol. The van der Waals surface area contributed by atoms with E-state index in [1.54, 1.807) is 0 Å². The average Bonchev–Trinajstić information content (AvgIpc) is 2.31. The summed E-state index contributed by atoms with van der Waals surface area (Å²) in [5.41, 5.74) is 6.21. The van der Waals surface area contributed by atoms with Gasteiger partial charge in [-0.25, -0.2) is 4.39 Å². The fourth-order valence-electron chi connectivity index (χ4n) is 1.31. The van der Waals surface area contributed by atoms with E-state index in [4.69, 9.17) is 17.3 Å². The van der Waals surface area contributed by atoms with E-state index in [1.165, 1.54) is 18.2 Å². The van der Waals surface area contributed by atoms with Crippen LogP contribution in [0.1, 0.15) is 20.3 Å². The molecule has 3 nitrogen and oxygen atoms in total. The van der Waals surface area contributed by atoms with Gasteiger partial charge in [-0.05, 0) is 24.1 Å². The van der Waals surface area contributed by atoms with Crippen LogP contribution in [0.25, 0.3) is 0 Å². The third-order valence-corrected chi connectivity index (χ3v) is 3.04. The van der Waals surface area contributed by atoms with Crippen LogP contribution in [0.5, 0.6) is 0 Å². The second-order valence-electron chi connectivity index (χ2n) is 4.03. The number of hydrogen-bond donors (Lipinski definition) is 2. The van der Waals surface area contributed by atoms with Crippen LogP contribution in [0.4, 0.5) is 10.1 Å². The predicted octanol–water partition coefficient (Wildman–Crippen LogP) is 2.79. The second kappa shape index (κ2) is 5.98. The smallest absolute Gasteiger partial charge is 0.241 e. The topological polar surface area (TPSA) is 55.1 Å². The molecule has 1 amide bonds. The maximum atomic E-state index is 12.9. The van der Waals surface area contributed by atoms with E-state index in [0.717, 1.165) is 6.42 Å². The van der Waals surface area contributed by atoms with Crippen LogP contribution in [0, 0.1) is 11.7 Å². The molecule has 0 aliphatic heterocycles. The summed E-state index contributed by atoms with van der Waals surface area (Å²) in [5.74, 6) is -0.719. The third-order valence-electron chi connectivity index (χ3n) is 2.75. The number of carbonyl (C=O) groups excluding carboxylic acids is 1. The number of hydrogen-bond acceptors (Lipinski definition) is 2. The first-order valence-corrected chi connectivity index (χ1v) is 5.85. The van der Waals surface area contributed by atoms with Gasteiger partial charge in [0.2, 0.25) is 5.91 Å². The Kier molecular flexibility index (Phi) is 4.90. The Balaban J connectivity index is 2.71. The van der Waals surface area contributed by atoms with Crippen LogP contribution in [0.3, 0.4) is 0 Å². The van der Waals surface area contributed by atoms with E-state index in [9.17, 15) is 9.18 Å². The first kappa shape index (κ1) is 13.9. The predicted molar refractivity (Wildman–Crippen MR) is 67.5 cm³/mol. The zero-order chi connectivity index (χ0) is 13.0. The molecule has 0 saturated carbocycles. The minimum Gasteiger partial charge on any atom is -0.325 e. The molecule has 0 aliphatic carbocycles. The molecule has 0 fully saturated rings. The van der Waals surface area contributed by atoms with Crippen LogP contribution in [-0.4, -0.2) is 11.9 Å². The van der Waals surface area contributed by atoms with E-state index in [2.05, 4.69) is 5.32 Å². The minimum atomic E-state index is -0.580. The Morgan fingerprint density at radius 3 is 2.76 bits per heavy atom. The van der Waals surface area contributed by atoms with Gasteiger partial charge in [0.05, 0.1) is 11.1 Å². The molecule has 2 atom stereocenters. The molecule has 2 unspecified atom stereocenters. The summed E-state index contributed by atoms with van der Waals surface area (Å²) in [6.07, 6.45) is 0.818. The van der Waals surface area contributed by atoms with Crippen molar-refractivity contribution < 1.29 is 9.18 Å². The highest BCUT2D eigenvalue weighted by atomic mass is 35.5. The van der Waals surface area contributed by atoms with E-state index < -0.39 is 11.9 Å². The number of rotatable bonds is 4. The molecule has 0 spiro atoms. The first-order chi connectivity index (χ1) is 7.95. The minimum absolute atomic E-state index is 0.0279. The Bertz CT molecular complexity index is 411. The summed E-state index contributed by atoms with van der Waals surface area (Å²) in [6, 6.07) is 3.43. The summed E-state index contributed by atoms with van der Waals surface area (Å²) >= 11 is 5.61. The summed E-state index contributed by atoms with van der Waals surface area (Å²) in [6.45, 7) is 3.87.